The Kier molecular flexibility index (Phi) is 6.61. The molecule has 1 aliphatic rings. The second-order valence-corrected chi connectivity index (χ2v) is 6.20. The molecule has 2 amide bonds. The minimum atomic E-state index is -0.141. The topological polar surface area (TPSA) is 70.7 Å². The zero-order valence-electron chi connectivity index (χ0n) is 14.7. The summed E-state index contributed by atoms with van der Waals surface area (Å²) in [4.78, 5) is 26.3. The Bertz CT molecular complexity index is 583. The summed E-state index contributed by atoms with van der Waals surface area (Å²) in [6.45, 7) is 3.82. The first kappa shape index (κ1) is 18.3. The van der Waals surface area contributed by atoms with Crippen molar-refractivity contribution in [1.29, 1.82) is 0 Å². The molecule has 6 heteroatoms. The van der Waals surface area contributed by atoms with Crippen molar-refractivity contribution in [2.45, 2.75) is 26.2 Å². The molecular formula is C18H27N3O3. The Hall–Kier alpha value is -2.08. The summed E-state index contributed by atoms with van der Waals surface area (Å²) >= 11 is 0. The van der Waals surface area contributed by atoms with E-state index in [1.807, 2.05) is 38.1 Å². The third kappa shape index (κ3) is 5.23. The number of hydrogen-bond donors (Lipinski definition) is 2. The lowest BCUT2D eigenvalue weighted by atomic mass is 10.1. The molecule has 0 atom stereocenters. The van der Waals surface area contributed by atoms with Crippen molar-refractivity contribution in [3.05, 3.63) is 23.8 Å². The lowest BCUT2D eigenvalue weighted by Crippen LogP contribution is -2.27. The maximum Gasteiger partial charge on any atom is 0.253 e. The molecule has 0 unspecified atom stereocenters. The average molecular weight is 333 g/mol. The number of carbonyl (C=O) groups is 2. The third-order valence-electron chi connectivity index (χ3n) is 3.89. The molecule has 0 aromatic heterocycles. The van der Waals surface area contributed by atoms with Crippen LogP contribution < -0.4 is 15.5 Å². The van der Waals surface area contributed by atoms with Crippen LogP contribution in [0.15, 0.2) is 18.2 Å². The SMILES string of the molecule is CCOCCCNC(=O)c1cc(NC(=O)C2CC2)ccc1N(C)C. The molecule has 0 heterocycles. The van der Waals surface area contributed by atoms with Gasteiger partial charge in [0.05, 0.1) is 5.56 Å². The van der Waals surface area contributed by atoms with Crippen LogP contribution in [0.2, 0.25) is 0 Å². The van der Waals surface area contributed by atoms with E-state index in [4.69, 9.17) is 4.74 Å². The monoisotopic (exact) mass is 333 g/mol. The molecule has 1 aromatic rings. The lowest BCUT2D eigenvalue weighted by molar-refractivity contribution is -0.117. The van der Waals surface area contributed by atoms with Crippen LogP contribution in [0.1, 0.15) is 36.5 Å². The van der Waals surface area contributed by atoms with Crippen LogP contribution in [0.5, 0.6) is 0 Å². The molecule has 0 aliphatic heterocycles. The minimum Gasteiger partial charge on any atom is -0.382 e. The third-order valence-corrected chi connectivity index (χ3v) is 3.89. The van der Waals surface area contributed by atoms with Crippen LogP contribution in [0, 0.1) is 5.92 Å². The number of anilines is 2. The Morgan fingerprint density at radius 2 is 2.04 bits per heavy atom. The number of hydrogen-bond acceptors (Lipinski definition) is 4. The van der Waals surface area contributed by atoms with Crippen molar-refractivity contribution in [2.75, 3.05) is 44.1 Å². The minimum absolute atomic E-state index is 0.0377. The number of benzene rings is 1. The second-order valence-electron chi connectivity index (χ2n) is 6.20. The lowest BCUT2D eigenvalue weighted by Gasteiger charge is -2.18. The van der Waals surface area contributed by atoms with Gasteiger partial charge in [0.2, 0.25) is 5.91 Å². The Labute approximate surface area is 143 Å². The average Bonchev–Trinajstić information content (AvgIpc) is 3.39. The second kappa shape index (κ2) is 8.68. The van der Waals surface area contributed by atoms with Gasteiger partial charge in [-0.15, -0.1) is 0 Å². The molecule has 0 saturated heterocycles. The number of nitrogens with zero attached hydrogens (tertiary/aromatic N) is 1. The molecule has 0 bridgehead atoms. The normalized spacial score (nSPS) is 13.5. The van der Waals surface area contributed by atoms with Gasteiger partial charge in [-0.25, -0.2) is 0 Å². The van der Waals surface area contributed by atoms with Gasteiger partial charge in [0.1, 0.15) is 0 Å². The summed E-state index contributed by atoms with van der Waals surface area (Å²) in [6.07, 6.45) is 2.68. The molecule has 2 N–H and O–H groups in total. The maximum atomic E-state index is 12.5. The zero-order chi connectivity index (χ0) is 17.5. The maximum absolute atomic E-state index is 12.5. The molecule has 1 aliphatic carbocycles. The largest absolute Gasteiger partial charge is 0.382 e. The summed E-state index contributed by atoms with van der Waals surface area (Å²) in [5.74, 6) is 0.0303. The Balaban J connectivity index is 2.03. The van der Waals surface area contributed by atoms with Gasteiger partial charge in [-0.05, 0) is 44.4 Å². The molecule has 0 radical (unpaired) electrons. The standard InChI is InChI=1S/C18H27N3O3/c1-4-24-11-5-10-19-18(23)15-12-14(8-9-16(15)21(2)3)20-17(22)13-6-7-13/h8-9,12-13H,4-7,10-11H2,1-3H3,(H,19,23)(H,20,22). The molecule has 1 saturated carbocycles. The summed E-state index contributed by atoms with van der Waals surface area (Å²) in [5, 5.41) is 5.80. The van der Waals surface area contributed by atoms with E-state index in [1.165, 1.54) is 0 Å². The van der Waals surface area contributed by atoms with Gasteiger partial charge in [-0.3, -0.25) is 9.59 Å². The smallest absolute Gasteiger partial charge is 0.253 e. The van der Waals surface area contributed by atoms with Crippen LogP contribution in [0.25, 0.3) is 0 Å². The van der Waals surface area contributed by atoms with E-state index in [0.29, 0.717) is 31.0 Å². The molecule has 132 valence electrons. The fourth-order valence-corrected chi connectivity index (χ4v) is 2.39. The van der Waals surface area contributed by atoms with Crippen molar-refractivity contribution in [2.24, 2.45) is 5.92 Å². The highest BCUT2D eigenvalue weighted by atomic mass is 16.5. The first-order chi connectivity index (χ1) is 11.5. The van der Waals surface area contributed by atoms with Gasteiger partial charge < -0.3 is 20.3 Å². The summed E-state index contributed by atoms with van der Waals surface area (Å²) in [7, 11) is 3.79. The molecule has 0 spiro atoms. The predicted octanol–water partition coefficient (Wildman–Crippen LogP) is 2.26. The number of carbonyl (C=O) groups excluding carboxylic acids is 2. The van der Waals surface area contributed by atoms with E-state index in [2.05, 4.69) is 10.6 Å². The zero-order valence-corrected chi connectivity index (χ0v) is 14.7. The van der Waals surface area contributed by atoms with Crippen molar-refractivity contribution >= 4 is 23.2 Å². The summed E-state index contributed by atoms with van der Waals surface area (Å²) < 4.78 is 5.27. The Morgan fingerprint density at radius 1 is 1.29 bits per heavy atom. The van der Waals surface area contributed by atoms with Gasteiger partial charge in [0.25, 0.3) is 5.91 Å². The molecule has 24 heavy (non-hydrogen) atoms. The number of amides is 2. The van der Waals surface area contributed by atoms with E-state index in [0.717, 1.165) is 24.9 Å². The molecule has 2 rings (SSSR count). The number of rotatable bonds is 9. The highest BCUT2D eigenvalue weighted by Crippen LogP contribution is 2.31. The van der Waals surface area contributed by atoms with E-state index in [-0.39, 0.29) is 17.7 Å². The van der Waals surface area contributed by atoms with Gasteiger partial charge in [-0.1, -0.05) is 0 Å². The van der Waals surface area contributed by atoms with E-state index in [9.17, 15) is 9.59 Å². The van der Waals surface area contributed by atoms with Gasteiger partial charge >= 0.3 is 0 Å². The summed E-state index contributed by atoms with van der Waals surface area (Å²) in [5.41, 5.74) is 2.05. The van der Waals surface area contributed by atoms with E-state index in [1.54, 1.807) is 6.07 Å². The predicted molar refractivity (Wildman–Crippen MR) is 95.6 cm³/mol. The van der Waals surface area contributed by atoms with Gasteiger partial charge in [0, 0.05) is 51.1 Å². The molecule has 1 aromatic carbocycles. The first-order valence-electron chi connectivity index (χ1n) is 8.51. The molecule has 6 nitrogen and oxygen atoms in total. The molecular weight excluding hydrogens is 306 g/mol. The van der Waals surface area contributed by atoms with Crippen LogP contribution in [0.3, 0.4) is 0 Å². The van der Waals surface area contributed by atoms with Crippen molar-refractivity contribution in [3.8, 4) is 0 Å². The van der Waals surface area contributed by atoms with Gasteiger partial charge in [0.15, 0.2) is 0 Å². The first-order valence-corrected chi connectivity index (χ1v) is 8.51. The van der Waals surface area contributed by atoms with Crippen molar-refractivity contribution in [3.63, 3.8) is 0 Å². The highest BCUT2D eigenvalue weighted by molar-refractivity contribution is 6.02. The Morgan fingerprint density at radius 3 is 2.67 bits per heavy atom. The fraction of sp³-hybridized carbons (Fsp3) is 0.556. The van der Waals surface area contributed by atoms with Crippen LogP contribution in [0.4, 0.5) is 11.4 Å². The van der Waals surface area contributed by atoms with E-state index < -0.39 is 0 Å². The quantitative estimate of drug-likeness (QED) is 0.680. The highest BCUT2D eigenvalue weighted by Gasteiger charge is 2.29. The van der Waals surface area contributed by atoms with Crippen molar-refractivity contribution in [1.82, 2.24) is 5.32 Å². The fourth-order valence-electron chi connectivity index (χ4n) is 2.39. The summed E-state index contributed by atoms with van der Waals surface area (Å²) in [6, 6.07) is 5.44. The number of nitrogens with one attached hydrogen (secondary N) is 2. The number of ether oxygens (including phenoxy) is 1. The van der Waals surface area contributed by atoms with Crippen molar-refractivity contribution < 1.29 is 14.3 Å². The van der Waals surface area contributed by atoms with Crippen LogP contribution >= 0.6 is 0 Å². The van der Waals surface area contributed by atoms with E-state index >= 15 is 0 Å². The van der Waals surface area contributed by atoms with Gasteiger partial charge in [-0.2, -0.15) is 0 Å². The van der Waals surface area contributed by atoms with Crippen LogP contribution in [-0.4, -0.2) is 45.7 Å². The van der Waals surface area contributed by atoms with Crippen LogP contribution in [-0.2, 0) is 9.53 Å². The molecule has 1 fully saturated rings.